The summed E-state index contributed by atoms with van der Waals surface area (Å²) in [4.78, 5) is 25.3. The van der Waals surface area contributed by atoms with Crippen LogP contribution in [-0.2, 0) is 9.59 Å². The molecule has 1 fully saturated rings. The average molecular weight is 377 g/mol. The summed E-state index contributed by atoms with van der Waals surface area (Å²) < 4.78 is 0.855. The van der Waals surface area contributed by atoms with E-state index >= 15 is 0 Å². The Morgan fingerprint density at radius 2 is 2.14 bits per heavy atom. The molecule has 0 saturated carbocycles. The molecule has 116 valence electrons. The number of halogens is 2. The number of aryl methyl sites for hydroxylation is 1. The molecule has 1 aromatic rings. The lowest BCUT2D eigenvalue weighted by molar-refractivity contribution is -0.136. The van der Waals surface area contributed by atoms with Crippen LogP contribution in [0, 0.1) is 6.92 Å². The number of benzene rings is 1. The first-order chi connectivity index (χ1) is 9.47. The van der Waals surface area contributed by atoms with Gasteiger partial charge in [0, 0.05) is 17.4 Å². The molecule has 1 saturated heterocycles. The van der Waals surface area contributed by atoms with Crippen molar-refractivity contribution in [2.24, 2.45) is 0 Å². The number of amides is 2. The number of hydrogen-bond donors (Lipinski definition) is 2. The number of piperidine rings is 1. The molecule has 7 heteroatoms. The fourth-order valence-electron chi connectivity index (χ4n) is 2.25. The monoisotopic (exact) mass is 375 g/mol. The number of nitrogens with zero attached hydrogens (tertiary/aromatic N) is 1. The lowest BCUT2D eigenvalue weighted by atomic mass is 10.1. The number of carbonyl (C=O) groups is 2. The summed E-state index contributed by atoms with van der Waals surface area (Å²) in [6.45, 7) is 2.62. The third kappa shape index (κ3) is 4.61. The Bertz CT molecular complexity index is 551. The first-order valence-electron chi connectivity index (χ1n) is 6.60. The highest BCUT2D eigenvalue weighted by molar-refractivity contribution is 9.10. The second-order valence-corrected chi connectivity index (χ2v) is 5.92. The lowest BCUT2D eigenvalue weighted by Gasteiger charge is -2.26. The Hall–Kier alpha value is -1.27. The Labute approximate surface area is 138 Å². The van der Waals surface area contributed by atoms with Gasteiger partial charge in [0.05, 0.1) is 17.9 Å². The highest BCUT2D eigenvalue weighted by Gasteiger charge is 2.20. The van der Waals surface area contributed by atoms with Crippen molar-refractivity contribution in [3.63, 3.8) is 0 Å². The third-order valence-corrected chi connectivity index (χ3v) is 3.84. The van der Waals surface area contributed by atoms with E-state index in [1.165, 1.54) is 0 Å². The highest BCUT2D eigenvalue weighted by Crippen LogP contribution is 2.27. The Morgan fingerprint density at radius 1 is 1.43 bits per heavy atom. The molecule has 0 aromatic heterocycles. The smallest absolute Gasteiger partial charge is 0.244 e. The van der Waals surface area contributed by atoms with Crippen molar-refractivity contribution in [1.29, 1.82) is 0 Å². The van der Waals surface area contributed by atoms with Crippen LogP contribution in [0.3, 0.4) is 0 Å². The molecule has 0 bridgehead atoms. The number of anilines is 2. The van der Waals surface area contributed by atoms with Gasteiger partial charge in [0.2, 0.25) is 11.8 Å². The number of nitrogen functional groups attached to an aromatic ring is 1. The molecule has 0 spiro atoms. The molecule has 1 aromatic carbocycles. The van der Waals surface area contributed by atoms with E-state index in [4.69, 9.17) is 5.73 Å². The van der Waals surface area contributed by atoms with Crippen LogP contribution in [0.2, 0.25) is 0 Å². The van der Waals surface area contributed by atoms with Crippen LogP contribution in [0.4, 0.5) is 11.4 Å². The van der Waals surface area contributed by atoms with Crippen LogP contribution in [0.1, 0.15) is 24.8 Å². The van der Waals surface area contributed by atoms with Crippen LogP contribution >= 0.6 is 28.3 Å². The van der Waals surface area contributed by atoms with Crippen LogP contribution < -0.4 is 11.1 Å². The molecular weight excluding hydrogens is 358 g/mol. The Balaban J connectivity index is 0.00000220. The first-order valence-corrected chi connectivity index (χ1v) is 7.40. The first kappa shape index (κ1) is 17.8. The van der Waals surface area contributed by atoms with E-state index < -0.39 is 0 Å². The number of hydrogen-bond acceptors (Lipinski definition) is 3. The Morgan fingerprint density at radius 3 is 2.81 bits per heavy atom. The molecule has 2 amide bonds. The average Bonchev–Trinajstić information content (AvgIpc) is 2.38. The van der Waals surface area contributed by atoms with Crippen molar-refractivity contribution in [2.45, 2.75) is 26.2 Å². The van der Waals surface area contributed by atoms with E-state index in [2.05, 4.69) is 21.2 Å². The van der Waals surface area contributed by atoms with Gasteiger partial charge in [-0.15, -0.1) is 12.4 Å². The van der Waals surface area contributed by atoms with Gasteiger partial charge in [-0.25, -0.2) is 0 Å². The van der Waals surface area contributed by atoms with Gasteiger partial charge in [-0.05, 0) is 37.5 Å². The number of rotatable bonds is 3. The van der Waals surface area contributed by atoms with E-state index in [9.17, 15) is 9.59 Å². The van der Waals surface area contributed by atoms with E-state index in [0.29, 0.717) is 24.3 Å². The topological polar surface area (TPSA) is 75.4 Å². The zero-order valence-corrected chi connectivity index (χ0v) is 14.2. The fourth-order valence-corrected chi connectivity index (χ4v) is 2.82. The van der Waals surface area contributed by atoms with Gasteiger partial charge < -0.3 is 16.0 Å². The molecule has 0 aliphatic carbocycles. The lowest BCUT2D eigenvalue weighted by Crippen LogP contribution is -2.40. The molecule has 1 aliphatic rings. The van der Waals surface area contributed by atoms with Crippen molar-refractivity contribution in [3.05, 3.63) is 22.2 Å². The maximum absolute atomic E-state index is 12.0. The molecule has 1 heterocycles. The van der Waals surface area contributed by atoms with Crippen molar-refractivity contribution in [2.75, 3.05) is 24.1 Å². The Kier molecular flexibility index (Phi) is 6.48. The van der Waals surface area contributed by atoms with Crippen LogP contribution in [-0.4, -0.2) is 29.8 Å². The van der Waals surface area contributed by atoms with Crippen molar-refractivity contribution >= 4 is 51.5 Å². The molecule has 5 nitrogen and oxygen atoms in total. The second kappa shape index (κ2) is 7.66. The molecule has 0 unspecified atom stereocenters. The number of nitrogens with two attached hydrogens (primary N) is 1. The number of likely N-dealkylation sites (tertiary alicyclic amines) is 1. The number of nitrogens with one attached hydrogen (secondary N) is 1. The standard InChI is InChI=1S/C14H18BrN3O2.ClH/c1-9-6-10(15)7-11(14(9)16)17-12(19)8-18-5-3-2-4-13(18)20;/h6-7H,2-5,8,16H2,1H3,(H,17,19);1H. The molecule has 2 rings (SSSR count). The minimum absolute atomic E-state index is 0. The van der Waals surface area contributed by atoms with E-state index in [1.807, 2.05) is 13.0 Å². The minimum Gasteiger partial charge on any atom is -0.397 e. The summed E-state index contributed by atoms with van der Waals surface area (Å²) in [7, 11) is 0. The van der Waals surface area contributed by atoms with Crippen molar-refractivity contribution < 1.29 is 9.59 Å². The zero-order valence-electron chi connectivity index (χ0n) is 11.8. The van der Waals surface area contributed by atoms with Gasteiger partial charge in [-0.2, -0.15) is 0 Å². The quantitative estimate of drug-likeness (QED) is 0.796. The van der Waals surface area contributed by atoms with E-state index in [1.54, 1.807) is 11.0 Å². The molecule has 0 radical (unpaired) electrons. The fraction of sp³-hybridized carbons (Fsp3) is 0.429. The molecular formula is C14H19BrClN3O2. The second-order valence-electron chi connectivity index (χ2n) is 5.00. The maximum atomic E-state index is 12.0. The van der Waals surface area contributed by atoms with Crippen LogP contribution in [0.15, 0.2) is 16.6 Å². The van der Waals surface area contributed by atoms with Crippen LogP contribution in [0.5, 0.6) is 0 Å². The molecule has 3 N–H and O–H groups in total. The van der Waals surface area contributed by atoms with Gasteiger partial charge in [0.15, 0.2) is 0 Å². The molecule has 1 aliphatic heterocycles. The van der Waals surface area contributed by atoms with Crippen molar-refractivity contribution in [1.82, 2.24) is 4.90 Å². The largest absolute Gasteiger partial charge is 0.397 e. The normalized spacial score (nSPS) is 14.6. The van der Waals surface area contributed by atoms with Gasteiger partial charge in [0.25, 0.3) is 0 Å². The van der Waals surface area contributed by atoms with Gasteiger partial charge >= 0.3 is 0 Å². The van der Waals surface area contributed by atoms with Gasteiger partial charge in [0.1, 0.15) is 0 Å². The van der Waals surface area contributed by atoms with E-state index in [0.717, 1.165) is 22.9 Å². The highest BCUT2D eigenvalue weighted by atomic mass is 79.9. The summed E-state index contributed by atoms with van der Waals surface area (Å²) in [5, 5.41) is 2.77. The summed E-state index contributed by atoms with van der Waals surface area (Å²) in [5.74, 6) is -0.172. The summed E-state index contributed by atoms with van der Waals surface area (Å²) >= 11 is 3.37. The third-order valence-electron chi connectivity index (χ3n) is 3.38. The molecule has 0 atom stereocenters. The van der Waals surface area contributed by atoms with Gasteiger partial charge in [-0.1, -0.05) is 15.9 Å². The van der Waals surface area contributed by atoms with Gasteiger partial charge in [-0.3, -0.25) is 9.59 Å². The SMILES string of the molecule is Cc1cc(Br)cc(NC(=O)CN2CCCCC2=O)c1N.Cl. The van der Waals surface area contributed by atoms with Crippen LogP contribution in [0.25, 0.3) is 0 Å². The zero-order chi connectivity index (χ0) is 14.7. The maximum Gasteiger partial charge on any atom is 0.244 e. The predicted molar refractivity (Wildman–Crippen MR) is 89.6 cm³/mol. The molecule has 21 heavy (non-hydrogen) atoms. The minimum atomic E-state index is -0.218. The van der Waals surface area contributed by atoms with Crippen molar-refractivity contribution in [3.8, 4) is 0 Å². The van der Waals surface area contributed by atoms with E-state index in [-0.39, 0.29) is 30.8 Å². The summed E-state index contributed by atoms with van der Waals surface area (Å²) in [5.41, 5.74) is 7.96. The predicted octanol–water partition coefficient (Wildman–Crippen LogP) is 2.71. The number of carbonyl (C=O) groups excluding carboxylic acids is 2. The summed E-state index contributed by atoms with van der Waals surface area (Å²) in [6, 6.07) is 3.65. The summed E-state index contributed by atoms with van der Waals surface area (Å²) in [6.07, 6.45) is 2.40.